The molecule has 1 atom stereocenters. The van der Waals surface area contributed by atoms with Gasteiger partial charge >= 0.3 is 0 Å². The summed E-state index contributed by atoms with van der Waals surface area (Å²) >= 11 is 0. The predicted octanol–water partition coefficient (Wildman–Crippen LogP) is 3.79. The Morgan fingerprint density at radius 1 is 1.06 bits per heavy atom. The van der Waals surface area contributed by atoms with Gasteiger partial charge in [-0.2, -0.15) is 0 Å². The maximum atomic E-state index is 12.8. The van der Waals surface area contributed by atoms with Crippen LogP contribution in [0, 0.1) is 0 Å². The van der Waals surface area contributed by atoms with Crippen molar-refractivity contribution in [2.75, 3.05) is 19.6 Å². The molecule has 0 saturated carbocycles. The molecule has 7 heteroatoms. The monoisotopic (exact) mass is 470 g/mol. The van der Waals surface area contributed by atoms with Crippen molar-refractivity contribution >= 4 is 11.8 Å². The zero-order valence-corrected chi connectivity index (χ0v) is 19.9. The van der Waals surface area contributed by atoms with E-state index >= 15 is 0 Å². The Morgan fingerprint density at radius 3 is 2.80 bits per heavy atom. The average Bonchev–Trinajstić information content (AvgIpc) is 3.37. The molecule has 1 aromatic heterocycles. The van der Waals surface area contributed by atoms with Crippen LogP contribution < -0.4 is 15.4 Å². The molecule has 0 radical (unpaired) electrons. The third-order valence-electron chi connectivity index (χ3n) is 6.87. The zero-order chi connectivity index (χ0) is 24.2. The summed E-state index contributed by atoms with van der Waals surface area (Å²) in [4.78, 5) is 32.0. The maximum absolute atomic E-state index is 12.8. The minimum Gasteiger partial charge on any atom is -0.487 e. The number of benzene rings is 2. The molecule has 1 fully saturated rings. The number of fused-ring (bicyclic) bond motifs is 3. The third kappa shape index (κ3) is 5.05. The molecule has 2 aliphatic rings. The molecular formula is C28H30N4O3. The van der Waals surface area contributed by atoms with Crippen molar-refractivity contribution in [3.05, 3.63) is 83.2 Å². The summed E-state index contributed by atoms with van der Waals surface area (Å²) in [5.41, 5.74) is 5.08. The van der Waals surface area contributed by atoms with Crippen molar-refractivity contribution < 1.29 is 14.3 Å². The van der Waals surface area contributed by atoms with Gasteiger partial charge in [-0.3, -0.25) is 19.5 Å². The first kappa shape index (κ1) is 23.1. The van der Waals surface area contributed by atoms with E-state index in [-0.39, 0.29) is 11.8 Å². The molecule has 0 bridgehead atoms. The lowest BCUT2D eigenvalue weighted by Crippen LogP contribution is -2.40. The molecule has 3 aromatic rings. The Bertz CT molecular complexity index is 1240. The van der Waals surface area contributed by atoms with Crippen LogP contribution in [0.15, 0.2) is 60.9 Å². The lowest BCUT2D eigenvalue weighted by atomic mass is 9.96. The van der Waals surface area contributed by atoms with Gasteiger partial charge in [-0.25, -0.2) is 0 Å². The molecule has 2 aliphatic heterocycles. The molecular weight excluding hydrogens is 440 g/mol. The molecule has 0 spiro atoms. The summed E-state index contributed by atoms with van der Waals surface area (Å²) in [6.45, 7) is 5.69. The van der Waals surface area contributed by atoms with E-state index in [1.54, 1.807) is 12.4 Å². The Hall–Kier alpha value is -3.71. The van der Waals surface area contributed by atoms with Crippen LogP contribution in [0.3, 0.4) is 0 Å². The number of likely N-dealkylation sites (tertiary alicyclic amines) is 1. The number of nitrogens with one attached hydrogen (secondary N) is 2. The quantitative estimate of drug-likeness (QED) is 0.549. The van der Waals surface area contributed by atoms with Crippen LogP contribution in [0.1, 0.15) is 51.6 Å². The summed E-state index contributed by atoms with van der Waals surface area (Å²) in [5, 5.41) is 6.04. The van der Waals surface area contributed by atoms with E-state index in [2.05, 4.69) is 27.4 Å². The number of amides is 2. The number of ether oxygens (including phenoxy) is 1. The molecule has 180 valence electrons. The van der Waals surface area contributed by atoms with E-state index in [4.69, 9.17) is 4.74 Å². The van der Waals surface area contributed by atoms with Crippen molar-refractivity contribution in [1.82, 2.24) is 20.5 Å². The first-order valence-electron chi connectivity index (χ1n) is 12.2. The highest BCUT2D eigenvalue weighted by atomic mass is 16.5. The summed E-state index contributed by atoms with van der Waals surface area (Å²) in [7, 11) is 0. The molecule has 7 nitrogen and oxygen atoms in total. The van der Waals surface area contributed by atoms with Gasteiger partial charge in [0.1, 0.15) is 12.4 Å². The van der Waals surface area contributed by atoms with Gasteiger partial charge in [0.15, 0.2) is 0 Å². The smallest absolute Gasteiger partial charge is 0.251 e. The maximum Gasteiger partial charge on any atom is 0.251 e. The fraction of sp³-hybridized carbons (Fsp3) is 0.321. The van der Waals surface area contributed by atoms with Crippen LogP contribution in [0.2, 0.25) is 0 Å². The lowest BCUT2D eigenvalue weighted by Gasteiger charge is -2.22. The highest BCUT2D eigenvalue weighted by Gasteiger charge is 2.23. The van der Waals surface area contributed by atoms with Gasteiger partial charge in [0.05, 0.1) is 6.20 Å². The van der Waals surface area contributed by atoms with Crippen LogP contribution in [0.25, 0.3) is 11.1 Å². The molecule has 2 aromatic carbocycles. The van der Waals surface area contributed by atoms with Crippen molar-refractivity contribution in [3.8, 4) is 16.9 Å². The minimum atomic E-state index is -0.163. The Kier molecular flexibility index (Phi) is 6.77. The van der Waals surface area contributed by atoms with Gasteiger partial charge in [-0.1, -0.05) is 25.1 Å². The van der Waals surface area contributed by atoms with Crippen molar-refractivity contribution in [2.45, 2.75) is 39.0 Å². The first-order valence-corrected chi connectivity index (χ1v) is 12.2. The molecule has 3 heterocycles. The molecule has 2 N–H and O–H groups in total. The predicted molar refractivity (Wildman–Crippen MR) is 134 cm³/mol. The Balaban J connectivity index is 1.19. The van der Waals surface area contributed by atoms with Gasteiger partial charge in [0.2, 0.25) is 0 Å². The van der Waals surface area contributed by atoms with Crippen LogP contribution in [-0.2, 0) is 13.2 Å². The number of pyridine rings is 1. The molecule has 2 amide bonds. The number of likely N-dealkylation sites (N-methyl/N-ethyl adjacent to an activating group) is 1. The van der Waals surface area contributed by atoms with Gasteiger partial charge < -0.3 is 15.4 Å². The van der Waals surface area contributed by atoms with E-state index in [9.17, 15) is 9.59 Å². The van der Waals surface area contributed by atoms with E-state index in [1.165, 1.54) is 6.42 Å². The third-order valence-corrected chi connectivity index (χ3v) is 6.87. The average molecular weight is 471 g/mol. The number of nitrogens with zero attached hydrogens (tertiary/aromatic N) is 2. The SMILES string of the molecule is CCN1CCCC1CNC(=O)c1cccc(CNC(=O)c2ccc3c(c2)COc2cnccc2-3)c1. The van der Waals surface area contributed by atoms with Crippen molar-refractivity contribution in [3.63, 3.8) is 0 Å². The summed E-state index contributed by atoms with van der Waals surface area (Å²) in [6.07, 6.45) is 5.76. The zero-order valence-electron chi connectivity index (χ0n) is 19.9. The normalized spacial score (nSPS) is 16.7. The van der Waals surface area contributed by atoms with Crippen molar-refractivity contribution in [2.24, 2.45) is 0 Å². The molecule has 35 heavy (non-hydrogen) atoms. The standard InChI is InChI=1S/C28H30N4O3/c1-2-32-12-4-7-23(32)16-31-27(33)20-6-3-5-19(13-20)15-30-28(34)21-8-9-24-22(14-21)18-35-26-17-29-11-10-25(24)26/h3,5-6,8-11,13-14,17,23H,2,4,7,12,15-16,18H2,1H3,(H,30,34)(H,31,33). The lowest BCUT2D eigenvalue weighted by molar-refractivity contribution is 0.0938. The van der Waals surface area contributed by atoms with Crippen LogP contribution in [0.4, 0.5) is 0 Å². The number of aromatic nitrogens is 1. The second-order valence-corrected chi connectivity index (χ2v) is 9.05. The number of hydrogen-bond donors (Lipinski definition) is 2. The first-order chi connectivity index (χ1) is 17.1. The van der Waals surface area contributed by atoms with Crippen LogP contribution in [-0.4, -0.2) is 47.4 Å². The number of hydrogen-bond acceptors (Lipinski definition) is 5. The van der Waals surface area contributed by atoms with Gasteiger partial charge in [-0.05, 0) is 73.0 Å². The second kappa shape index (κ2) is 10.3. The highest BCUT2D eigenvalue weighted by molar-refractivity contribution is 5.96. The summed E-state index contributed by atoms with van der Waals surface area (Å²) in [6, 6.07) is 15.4. The van der Waals surface area contributed by atoms with E-state index in [0.29, 0.717) is 36.9 Å². The van der Waals surface area contributed by atoms with Crippen LogP contribution >= 0.6 is 0 Å². The largest absolute Gasteiger partial charge is 0.487 e. The second-order valence-electron chi connectivity index (χ2n) is 9.05. The topological polar surface area (TPSA) is 83.6 Å². The van der Waals surface area contributed by atoms with Crippen molar-refractivity contribution in [1.29, 1.82) is 0 Å². The molecule has 5 rings (SSSR count). The Labute approximate surface area is 205 Å². The fourth-order valence-electron chi connectivity index (χ4n) is 4.95. The minimum absolute atomic E-state index is 0.0775. The van der Waals surface area contributed by atoms with E-state index in [0.717, 1.165) is 47.5 Å². The summed E-state index contributed by atoms with van der Waals surface area (Å²) in [5.74, 6) is 0.516. The number of rotatable bonds is 7. The van der Waals surface area contributed by atoms with E-state index < -0.39 is 0 Å². The highest BCUT2D eigenvalue weighted by Crippen LogP contribution is 2.36. The number of carbonyl (C=O) groups excluding carboxylic acids is 2. The molecule has 1 saturated heterocycles. The van der Waals surface area contributed by atoms with Gasteiger partial charge in [-0.15, -0.1) is 0 Å². The molecule has 1 unspecified atom stereocenters. The van der Waals surface area contributed by atoms with E-state index in [1.807, 2.05) is 48.5 Å². The number of carbonyl (C=O) groups is 2. The van der Waals surface area contributed by atoms with Gasteiger partial charge in [0.25, 0.3) is 11.8 Å². The van der Waals surface area contributed by atoms with Crippen LogP contribution in [0.5, 0.6) is 5.75 Å². The fourth-order valence-corrected chi connectivity index (χ4v) is 4.95. The molecule has 0 aliphatic carbocycles. The Morgan fingerprint density at radius 2 is 1.91 bits per heavy atom. The summed E-state index contributed by atoms with van der Waals surface area (Å²) < 4.78 is 5.78. The van der Waals surface area contributed by atoms with Gasteiger partial charge in [0, 0.05) is 42.0 Å².